The van der Waals surface area contributed by atoms with Gasteiger partial charge in [0.15, 0.2) is 0 Å². The second kappa shape index (κ2) is 11.7. The average Bonchev–Trinajstić information content (AvgIpc) is 3.14. The lowest BCUT2D eigenvalue weighted by atomic mass is 9.86. The lowest BCUT2D eigenvalue weighted by Gasteiger charge is -2.18. The van der Waals surface area contributed by atoms with Gasteiger partial charge in [-0.15, -0.1) is 0 Å². The van der Waals surface area contributed by atoms with E-state index >= 15 is 0 Å². The van der Waals surface area contributed by atoms with Gasteiger partial charge >= 0.3 is 0 Å². The Balaban J connectivity index is 1.34. The summed E-state index contributed by atoms with van der Waals surface area (Å²) in [6, 6.07) is 47.9. The summed E-state index contributed by atoms with van der Waals surface area (Å²) in [7, 11) is 0. The molecule has 0 spiro atoms. The summed E-state index contributed by atoms with van der Waals surface area (Å²) in [5, 5.41) is 7.74. The summed E-state index contributed by atoms with van der Waals surface area (Å²) in [5.41, 5.74) is 11.6. The summed E-state index contributed by atoms with van der Waals surface area (Å²) in [4.78, 5) is 9.96. The van der Waals surface area contributed by atoms with Crippen LogP contribution in [-0.4, -0.2) is 9.97 Å². The molecule has 8 aromatic rings. The fourth-order valence-corrected chi connectivity index (χ4v) is 6.99. The summed E-state index contributed by atoms with van der Waals surface area (Å²) >= 11 is 0. The predicted molar refractivity (Wildman–Crippen MR) is 195 cm³/mol. The topological polar surface area (TPSA) is 25.8 Å². The van der Waals surface area contributed by atoms with E-state index in [1.165, 1.54) is 54.6 Å². The maximum absolute atomic E-state index is 4.98. The third kappa shape index (κ3) is 4.74. The molecular formula is C44H34N2. The Labute approximate surface area is 270 Å². The number of benzene rings is 6. The second-order valence-corrected chi connectivity index (χ2v) is 11.9. The largest absolute Gasteiger partial charge is 0.256 e. The molecule has 0 unspecified atom stereocenters. The first-order valence-corrected chi connectivity index (χ1v) is 16.2. The predicted octanol–water partition coefficient (Wildman–Crippen LogP) is 11.7. The summed E-state index contributed by atoms with van der Waals surface area (Å²) in [5.74, 6) is 0. The molecule has 0 saturated heterocycles. The van der Waals surface area contributed by atoms with Crippen molar-refractivity contribution in [2.75, 3.05) is 0 Å². The molecule has 6 aromatic carbocycles. The van der Waals surface area contributed by atoms with E-state index in [1.54, 1.807) is 0 Å². The van der Waals surface area contributed by atoms with Gasteiger partial charge in [-0.05, 0) is 79.5 Å². The van der Waals surface area contributed by atoms with E-state index in [1.807, 2.05) is 24.5 Å². The second-order valence-electron chi connectivity index (χ2n) is 11.9. The molecule has 0 atom stereocenters. The van der Waals surface area contributed by atoms with Crippen LogP contribution in [0.3, 0.4) is 0 Å². The molecule has 220 valence electrons. The highest BCUT2D eigenvalue weighted by molar-refractivity contribution is 6.25. The minimum atomic E-state index is 0.955. The van der Waals surface area contributed by atoms with Crippen LogP contribution in [0.25, 0.3) is 77.1 Å². The summed E-state index contributed by atoms with van der Waals surface area (Å²) < 4.78 is 0. The highest BCUT2D eigenvalue weighted by Gasteiger charge is 2.17. The molecule has 2 aromatic heterocycles. The van der Waals surface area contributed by atoms with E-state index in [0.29, 0.717) is 0 Å². The van der Waals surface area contributed by atoms with Gasteiger partial charge in [0.25, 0.3) is 0 Å². The van der Waals surface area contributed by atoms with Crippen molar-refractivity contribution >= 4 is 32.3 Å². The van der Waals surface area contributed by atoms with Crippen LogP contribution >= 0.6 is 0 Å². The molecule has 2 heterocycles. The molecule has 8 rings (SSSR count). The lowest BCUT2D eigenvalue weighted by Crippen LogP contribution is -1.95. The van der Waals surface area contributed by atoms with Crippen LogP contribution in [0.2, 0.25) is 0 Å². The first kappa shape index (κ1) is 27.9. The monoisotopic (exact) mass is 590 g/mol. The first-order chi connectivity index (χ1) is 22.7. The molecule has 0 bridgehead atoms. The van der Waals surface area contributed by atoms with Crippen molar-refractivity contribution in [3.05, 3.63) is 157 Å². The van der Waals surface area contributed by atoms with Crippen LogP contribution in [0, 0.1) is 0 Å². The fourth-order valence-electron chi connectivity index (χ4n) is 6.99. The van der Waals surface area contributed by atoms with E-state index in [2.05, 4.69) is 135 Å². The van der Waals surface area contributed by atoms with Crippen LogP contribution in [0.15, 0.2) is 146 Å². The SMILES string of the molecule is CCc1ccc(-c2ccc(-c3ccccc3)cn2)c2ccc3ccc4c(-c5ccc(-c6ccccc6)cn5)ccc(CC)c4c3c12. The minimum Gasteiger partial charge on any atom is -0.256 e. The Morgan fingerprint density at radius 2 is 0.848 bits per heavy atom. The standard InChI is InChI=1S/C44H34N2/c1-3-29-15-21-36(40-25-19-34(27-45-40)31-11-7-5-8-12-31)38-23-17-33-18-24-39-37(22-16-30(4-2)43(39)44(33)42(29)38)41-26-20-35(28-46-41)32-13-9-6-10-14-32/h5-28H,3-4H2,1-2H3. The van der Waals surface area contributed by atoms with Crippen molar-refractivity contribution in [3.8, 4) is 44.8 Å². The zero-order chi connectivity index (χ0) is 31.0. The van der Waals surface area contributed by atoms with Crippen molar-refractivity contribution in [3.63, 3.8) is 0 Å². The molecule has 2 heteroatoms. The van der Waals surface area contributed by atoms with Gasteiger partial charge in [0, 0.05) is 34.6 Å². The van der Waals surface area contributed by atoms with Gasteiger partial charge in [-0.25, -0.2) is 0 Å². The van der Waals surface area contributed by atoms with Crippen LogP contribution in [0.5, 0.6) is 0 Å². The molecule has 0 amide bonds. The molecule has 0 fully saturated rings. The molecule has 0 radical (unpaired) electrons. The molecule has 0 aliphatic carbocycles. The van der Waals surface area contributed by atoms with Gasteiger partial charge in [0.1, 0.15) is 0 Å². The Kier molecular flexibility index (Phi) is 7.11. The van der Waals surface area contributed by atoms with Gasteiger partial charge < -0.3 is 0 Å². The van der Waals surface area contributed by atoms with Gasteiger partial charge in [0.05, 0.1) is 11.4 Å². The number of fused-ring (bicyclic) bond motifs is 5. The van der Waals surface area contributed by atoms with Crippen LogP contribution in [0.1, 0.15) is 25.0 Å². The number of hydrogen-bond donors (Lipinski definition) is 0. The molecule has 0 aliphatic heterocycles. The van der Waals surface area contributed by atoms with E-state index in [4.69, 9.17) is 9.97 Å². The van der Waals surface area contributed by atoms with Crippen LogP contribution in [-0.2, 0) is 12.8 Å². The van der Waals surface area contributed by atoms with Gasteiger partial charge in [-0.1, -0.05) is 135 Å². The summed E-state index contributed by atoms with van der Waals surface area (Å²) in [6.45, 7) is 4.52. The molecule has 0 aliphatic rings. The maximum Gasteiger partial charge on any atom is 0.0708 e. The van der Waals surface area contributed by atoms with Crippen molar-refractivity contribution in [2.24, 2.45) is 0 Å². The number of hydrogen-bond acceptors (Lipinski definition) is 2. The molecule has 2 nitrogen and oxygen atoms in total. The molecule has 0 saturated carbocycles. The quantitative estimate of drug-likeness (QED) is 0.180. The lowest BCUT2D eigenvalue weighted by molar-refractivity contribution is 1.16. The third-order valence-electron chi connectivity index (χ3n) is 9.37. The maximum atomic E-state index is 4.98. The van der Waals surface area contributed by atoms with Gasteiger partial charge in [-0.2, -0.15) is 0 Å². The number of rotatable bonds is 6. The highest BCUT2D eigenvalue weighted by atomic mass is 14.7. The normalized spacial score (nSPS) is 11.4. The van der Waals surface area contributed by atoms with Crippen molar-refractivity contribution in [2.45, 2.75) is 26.7 Å². The van der Waals surface area contributed by atoms with Gasteiger partial charge in [-0.3, -0.25) is 9.97 Å². The van der Waals surface area contributed by atoms with Crippen molar-refractivity contribution in [1.29, 1.82) is 0 Å². The van der Waals surface area contributed by atoms with Crippen molar-refractivity contribution < 1.29 is 0 Å². The third-order valence-corrected chi connectivity index (χ3v) is 9.37. The minimum absolute atomic E-state index is 0.955. The smallest absolute Gasteiger partial charge is 0.0708 e. The van der Waals surface area contributed by atoms with E-state index in [0.717, 1.165) is 46.5 Å². The number of nitrogens with zero attached hydrogens (tertiary/aromatic N) is 2. The average molecular weight is 591 g/mol. The van der Waals surface area contributed by atoms with Crippen LogP contribution in [0.4, 0.5) is 0 Å². The molecular weight excluding hydrogens is 556 g/mol. The molecule has 0 N–H and O–H groups in total. The Bertz CT molecular complexity index is 2170. The van der Waals surface area contributed by atoms with E-state index in [9.17, 15) is 0 Å². The van der Waals surface area contributed by atoms with Crippen molar-refractivity contribution in [1.82, 2.24) is 9.97 Å². The van der Waals surface area contributed by atoms with Gasteiger partial charge in [0.2, 0.25) is 0 Å². The number of pyridine rings is 2. The van der Waals surface area contributed by atoms with E-state index < -0.39 is 0 Å². The Hall–Kier alpha value is -5.60. The van der Waals surface area contributed by atoms with Crippen LogP contribution < -0.4 is 0 Å². The number of aryl methyl sites for hydroxylation is 2. The highest BCUT2D eigenvalue weighted by Crippen LogP contribution is 2.42. The Morgan fingerprint density at radius 3 is 1.24 bits per heavy atom. The van der Waals surface area contributed by atoms with E-state index in [-0.39, 0.29) is 0 Å². The molecule has 46 heavy (non-hydrogen) atoms. The fraction of sp³-hybridized carbons (Fsp3) is 0.0909. The zero-order valence-electron chi connectivity index (χ0n) is 26.2. The number of aromatic nitrogens is 2. The summed E-state index contributed by atoms with van der Waals surface area (Å²) in [6.07, 6.45) is 5.91. The first-order valence-electron chi connectivity index (χ1n) is 16.2. The Morgan fingerprint density at radius 1 is 0.391 bits per heavy atom. The zero-order valence-corrected chi connectivity index (χ0v) is 26.2.